The maximum atomic E-state index is 13.5. The summed E-state index contributed by atoms with van der Waals surface area (Å²) in [6, 6.07) is 2.99. The summed E-state index contributed by atoms with van der Waals surface area (Å²) in [5.41, 5.74) is 6.60. The van der Waals surface area contributed by atoms with Crippen LogP contribution in [0, 0.1) is 0 Å². The van der Waals surface area contributed by atoms with E-state index in [2.05, 4.69) is 51.1 Å². The molecule has 0 radical (unpaired) electrons. The maximum Gasteiger partial charge on any atom is 0.586 e. The second-order valence-corrected chi connectivity index (χ2v) is 7.44. The highest BCUT2D eigenvalue weighted by Crippen LogP contribution is 2.45. The number of anilines is 1. The van der Waals surface area contributed by atoms with Gasteiger partial charge in [0.2, 0.25) is 5.95 Å². The standard InChI is InChI=1S/C18H17F2N9O2/c1-2-12-24-25-13-8-27(5-6-28(12)13)7-11-22-16-9-3-4-10-15(31-18(19,20)30-10)14(9)23-17(21)29(16)26-11/h3-4H,2,5-8H2,1H3,(H2,21,23). The molecule has 0 spiro atoms. The summed E-state index contributed by atoms with van der Waals surface area (Å²) >= 11 is 0. The average Bonchev–Trinajstić information content (AvgIpc) is 3.41. The Morgan fingerprint density at radius 1 is 1.16 bits per heavy atom. The Morgan fingerprint density at radius 2 is 2.03 bits per heavy atom. The van der Waals surface area contributed by atoms with Crippen molar-refractivity contribution in [1.82, 2.24) is 39.2 Å². The van der Waals surface area contributed by atoms with Gasteiger partial charge in [0.05, 0.1) is 13.1 Å². The number of hydrogen-bond donors (Lipinski definition) is 1. The van der Waals surface area contributed by atoms with Gasteiger partial charge in [-0.15, -0.1) is 24.1 Å². The molecule has 0 aliphatic carbocycles. The van der Waals surface area contributed by atoms with Crippen molar-refractivity contribution < 1.29 is 18.3 Å². The zero-order chi connectivity index (χ0) is 21.3. The Labute approximate surface area is 173 Å². The number of aryl methyl sites for hydroxylation is 1. The summed E-state index contributed by atoms with van der Waals surface area (Å²) in [6.45, 7) is 4.75. The van der Waals surface area contributed by atoms with E-state index in [0.29, 0.717) is 29.9 Å². The third-order valence-electron chi connectivity index (χ3n) is 5.47. The molecule has 1 aromatic carbocycles. The number of rotatable bonds is 3. The Balaban J connectivity index is 1.36. The lowest BCUT2D eigenvalue weighted by Gasteiger charge is -2.26. The van der Waals surface area contributed by atoms with E-state index in [1.807, 2.05) is 0 Å². The quantitative estimate of drug-likeness (QED) is 0.514. The summed E-state index contributed by atoms with van der Waals surface area (Å²) in [7, 11) is 0. The molecular formula is C18H17F2N9O2. The summed E-state index contributed by atoms with van der Waals surface area (Å²) < 4.78 is 39.7. The summed E-state index contributed by atoms with van der Waals surface area (Å²) in [5, 5.41) is 13.5. The lowest BCUT2D eigenvalue weighted by Crippen LogP contribution is -2.34. The minimum Gasteiger partial charge on any atom is -0.395 e. The fraction of sp³-hybridized carbons (Fsp3) is 0.389. The van der Waals surface area contributed by atoms with E-state index in [-0.39, 0.29) is 23.0 Å². The maximum absolute atomic E-state index is 13.5. The molecule has 4 aromatic rings. The number of alkyl halides is 2. The van der Waals surface area contributed by atoms with Crippen molar-refractivity contribution in [2.24, 2.45) is 0 Å². The molecule has 160 valence electrons. The van der Waals surface area contributed by atoms with Crippen molar-refractivity contribution >= 4 is 22.5 Å². The molecule has 0 fully saturated rings. The van der Waals surface area contributed by atoms with Crippen molar-refractivity contribution in [3.8, 4) is 11.5 Å². The van der Waals surface area contributed by atoms with Gasteiger partial charge in [0.1, 0.15) is 17.2 Å². The predicted molar refractivity (Wildman–Crippen MR) is 102 cm³/mol. The predicted octanol–water partition coefficient (Wildman–Crippen LogP) is 1.35. The smallest absolute Gasteiger partial charge is 0.395 e. The first-order chi connectivity index (χ1) is 14.9. The second kappa shape index (κ2) is 6.20. The van der Waals surface area contributed by atoms with Crippen LogP contribution in [0.4, 0.5) is 14.7 Å². The van der Waals surface area contributed by atoms with Gasteiger partial charge in [-0.2, -0.15) is 4.52 Å². The molecule has 0 saturated heterocycles. The molecule has 5 heterocycles. The van der Waals surface area contributed by atoms with Gasteiger partial charge in [0.25, 0.3) is 0 Å². The number of benzene rings is 1. The van der Waals surface area contributed by atoms with Crippen LogP contribution in [0.5, 0.6) is 11.5 Å². The van der Waals surface area contributed by atoms with Crippen LogP contribution in [0.2, 0.25) is 0 Å². The van der Waals surface area contributed by atoms with Crippen LogP contribution >= 0.6 is 0 Å². The third-order valence-corrected chi connectivity index (χ3v) is 5.47. The zero-order valence-corrected chi connectivity index (χ0v) is 16.4. The van der Waals surface area contributed by atoms with Gasteiger partial charge in [-0.05, 0) is 12.1 Å². The van der Waals surface area contributed by atoms with Crippen molar-refractivity contribution in [2.45, 2.75) is 39.3 Å². The monoisotopic (exact) mass is 429 g/mol. The number of aromatic nitrogens is 7. The Hall–Kier alpha value is -3.61. The van der Waals surface area contributed by atoms with Crippen molar-refractivity contribution in [3.05, 3.63) is 29.6 Å². The first-order valence-corrected chi connectivity index (χ1v) is 9.79. The molecule has 3 aromatic heterocycles. The SMILES string of the molecule is CCc1nnc2n1CCN(Cc1nc3c4ccc5c(c4nc(N)n3n1)OC(F)(F)O5)C2. The normalized spacial score (nSPS) is 17.5. The molecule has 13 heteroatoms. The molecule has 2 aliphatic rings. The minimum absolute atomic E-state index is 0.0134. The van der Waals surface area contributed by atoms with Gasteiger partial charge in [0.15, 0.2) is 23.0 Å². The summed E-state index contributed by atoms with van der Waals surface area (Å²) in [6.07, 6.45) is -2.91. The van der Waals surface area contributed by atoms with E-state index in [9.17, 15) is 8.78 Å². The highest BCUT2D eigenvalue weighted by atomic mass is 19.3. The summed E-state index contributed by atoms with van der Waals surface area (Å²) in [4.78, 5) is 11.0. The number of nitrogen functional groups attached to an aromatic ring is 1. The Kier molecular flexibility index (Phi) is 3.64. The molecule has 0 bridgehead atoms. The topological polar surface area (TPSA) is 122 Å². The molecule has 31 heavy (non-hydrogen) atoms. The lowest BCUT2D eigenvalue weighted by atomic mass is 10.2. The van der Waals surface area contributed by atoms with E-state index >= 15 is 0 Å². The molecule has 0 unspecified atom stereocenters. The number of nitrogens with two attached hydrogens (primary N) is 1. The Bertz CT molecular complexity index is 1350. The van der Waals surface area contributed by atoms with Gasteiger partial charge < -0.3 is 19.8 Å². The van der Waals surface area contributed by atoms with Crippen LogP contribution in [0.25, 0.3) is 16.6 Å². The van der Waals surface area contributed by atoms with Gasteiger partial charge in [-0.25, -0.2) is 9.97 Å². The third kappa shape index (κ3) is 2.76. The highest BCUT2D eigenvalue weighted by Gasteiger charge is 2.45. The average molecular weight is 429 g/mol. The fourth-order valence-electron chi connectivity index (χ4n) is 4.07. The van der Waals surface area contributed by atoms with Crippen LogP contribution in [0.1, 0.15) is 24.4 Å². The largest absolute Gasteiger partial charge is 0.586 e. The molecule has 0 saturated carbocycles. The van der Waals surface area contributed by atoms with Crippen LogP contribution in [-0.2, 0) is 26.1 Å². The zero-order valence-electron chi connectivity index (χ0n) is 16.4. The van der Waals surface area contributed by atoms with E-state index in [1.54, 1.807) is 6.07 Å². The number of nitrogens with zero attached hydrogens (tertiary/aromatic N) is 8. The van der Waals surface area contributed by atoms with Crippen LogP contribution in [0.15, 0.2) is 12.1 Å². The molecule has 0 amide bonds. The number of ether oxygens (including phenoxy) is 2. The van der Waals surface area contributed by atoms with E-state index < -0.39 is 6.29 Å². The highest BCUT2D eigenvalue weighted by molar-refractivity contribution is 5.97. The molecule has 11 nitrogen and oxygen atoms in total. The Morgan fingerprint density at radius 3 is 2.87 bits per heavy atom. The molecule has 2 N–H and O–H groups in total. The first-order valence-electron chi connectivity index (χ1n) is 9.79. The molecule has 0 atom stereocenters. The summed E-state index contributed by atoms with van der Waals surface area (Å²) in [5.74, 6) is 2.18. The van der Waals surface area contributed by atoms with E-state index in [4.69, 9.17) is 5.73 Å². The van der Waals surface area contributed by atoms with E-state index in [0.717, 1.165) is 31.2 Å². The lowest BCUT2D eigenvalue weighted by molar-refractivity contribution is -0.286. The number of fused-ring (bicyclic) bond motifs is 6. The number of hydrogen-bond acceptors (Lipinski definition) is 9. The molecular weight excluding hydrogens is 412 g/mol. The van der Waals surface area contributed by atoms with Gasteiger partial charge in [0, 0.05) is 24.9 Å². The second-order valence-electron chi connectivity index (χ2n) is 7.44. The van der Waals surface area contributed by atoms with Gasteiger partial charge >= 0.3 is 6.29 Å². The molecule has 2 aliphatic heterocycles. The van der Waals surface area contributed by atoms with Crippen molar-refractivity contribution in [2.75, 3.05) is 12.3 Å². The van der Waals surface area contributed by atoms with E-state index in [1.165, 1.54) is 10.6 Å². The number of halogens is 2. The minimum atomic E-state index is -3.75. The van der Waals surface area contributed by atoms with Crippen LogP contribution in [-0.4, -0.2) is 52.1 Å². The van der Waals surface area contributed by atoms with Crippen molar-refractivity contribution in [3.63, 3.8) is 0 Å². The van der Waals surface area contributed by atoms with Crippen molar-refractivity contribution in [1.29, 1.82) is 0 Å². The first kappa shape index (κ1) is 18.2. The van der Waals surface area contributed by atoms with Gasteiger partial charge in [-0.3, -0.25) is 4.90 Å². The van der Waals surface area contributed by atoms with Crippen LogP contribution in [0.3, 0.4) is 0 Å². The molecule has 6 rings (SSSR count). The van der Waals surface area contributed by atoms with Crippen LogP contribution < -0.4 is 15.2 Å². The fourth-order valence-corrected chi connectivity index (χ4v) is 4.07. The van der Waals surface area contributed by atoms with Gasteiger partial charge in [-0.1, -0.05) is 6.92 Å².